The first kappa shape index (κ1) is 17.0. The van der Waals surface area contributed by atoms with Gasteiger partial charge in [0.25, 0.3) is 0 Å². The van der Waals surface area contributed by atoms with Gasteiger partial charge >= 0.3 is 0 Å². The molecule has 0 radical (unpaired) electrons. The smallest absolute Gasteiger partial charge is 0.248 e. The van der Waals surface area contributed by atoms with Crippen LogP contribution in [0.2, 0.25) is 0 Å². The Hall–Kier alpha value is -2.40. The number of halogens is 1. The summed E-state index contributed by atoms with van der Waals surface area (Å²) in [5.74, 6) is 0.0627. The summed E-state index contributed by atoms with van der Waals surface area (Å²) in [5.41, 5.74) is 1.02. The summed E-state index contributed by atoms with van der Waals surface area (Å²) in [6.07, 6.45) is -0.541. The summed E-state index contributed by atoms with van der Waals surface area (Å²) < 4.78 is 23.7. The van der Waals surface area contributed by atoms with Crippen LogP contribution in [-0.2, 0) is 16.1 Å². The van der Waals surface area contributed by atoms with E-state index in [2.05, 4.69) is 5.32 Å². The number of hydrogen-bond donors (Lipinski definition) is 1. The molecule has 23 heavy (non-hydrogen) atoms. The second-order valence-electron chi connectivity index (χ2n) is 5.03. The Labute approximate surface area is 135 Å². The zero-order valence-corrected chi connectivity index (χ0v) is 13.0. The quantitative estimate of drug-likeness (QED) is 0.762. The van der Waals surface area contributed by atoms with Gasteiger partial charge in [0.15, 0.2) is 0 Å². The number of benzene rings is 2. The highest BCUT2D eigenvalue weighted by atomic mass is 19.1. The number of hydrogen-bond acceptors (Lipinski definition) is 3. The Balaban J connectivity index is 1.63. The van der Waals surface area contributed by atoms with Crippen LogP contribution in [0.15, 0.2) is 54.6 Å². The fourth-order valence-corrected chi connectivity index (χ4v) is 1.89. The van der Waals surface area contributed by atoms with Crippen molar-refractivity contribution in [3.8, 4) is 5.75 Å². The summed E-state index contributed by atoms with van der Waals surface area (Å²) in [6.45, 7) is 2.76. The number of nitrogens with one attached hydrogen (secondary N) is 1. The highest BCUT2D eigenvalue weighted by Crippen LogP contribution is 2.10. The molecule has 0 fully saturated rings. The minimum Gasteiger partial charge on any atom is -0.492 e. The van der Waals surface area contributed by atoms with Gasteiger partial charge in [0.05, 0.1) is 13.2 Å². The van der Waals surface area contributed by atoms with Gasteiger partial charge in [-0.25, -0.2) is 4.39 Å². The van der Waals surface area contributed by atoms with Gasteiger partial charge in [0.1, 0.15) is 24.3 Å². The van der Waals surface area contributed by atoms with E-state index in [1.807, 2.05) is 30.3 Å². The highest BCUT2D eigenvalue weighted by molar-refractivity contribution is 5.80. The van der Waals surface area contributed by atoms with E-state index in [1.54, 1.807) is 19.1 Å². The maximum Gasteiger partial charge on any atom is 0.248 e. The molecule has 0 bridgehead atoms. The van der Waals surface area contributed by atoms with E-state index < -0.39 is 6.10 Å². The molecule has 0 heterocycles. The van der Waals surface area contributed by atoms with Crippen LogP contribution < -0.4 is 10.1 Å². The van der Waals surface area contributed by atoms with Gasteiger partial charge < -0.3 is 14.8 Å². The van der Waals surface area contributed by atoms with Gasteiger partial charge in [-0.3, -0.25) is 4.79 Å². The third-order valence-electron chi connectivity index (χ3n) is 3.20. The largest absolute Gasteiger partial charge is 0.492 e. The van der Waals surface area contributed by atoms with Gasteiger partial charge in [0.2, 0.25) is 5.91 Å². The molecule has 2 aromatic carbocycles. The Kier molecular flexibility index (Phi) is 6.56. The molecule has 1 amide bonds. The molecular formula is C18H20FNO3. The molecule has 0 aromatic heterocycles. The van der Waals surface area contributed by atoms with Gasteiger partial charge in [-0.1, -0.05) is 30.3 Å². The van der Waals surface area contributed by atoms with Crippen LogP contribution >= 0.6 is 0 Å². The highest BCUT2D eigenvalue weighted by Gasteiger charge is 2.12. The Morgan fingerprint density at radius 1 is 1.13 bits per heavy atom. The summed E-state index contributed by atoms with van der Waals surface area (Å²) in [6, 6.07) is 15.4. The summed E-state index contributed by atoms with van der Waals surface area (Å²) >= 11 is 0. The van der Waals surface area contributed by atoms with E-state index in [0.717, 1.165) is 5.56 Å². The molecule has 0 unspecified atom stereocenters. The van der Waals surface area contributed by atoms with Crippen molar-refractivity contribution in [3.05, 3.63) is 66.0 Å². The molecule has 0 saturated heterocycles. The summed E-state index contributed by atoms with van der Waals surface area (Å²) in [5, 5.41) is 2.74. The van der Waals surface area contributed by atoms with Crippen LogP contribution in [0.4, 0.5) is 4.39 Å². The van der Waals surface area contributed by atoms with Crippen molar-refractivity contribution >= 4 is 5.91 Å². The summed E-state index contributed by atoms with van der Waals surface area (Å²) in [7, 11) is 0. The normalized spacial score (nSPS) is 11.7. The van der Waals surface area contributed by atoms with Crippen molar-refractivity contribution in [2.45, 2.75) is 19.6 Å². The van der Waals surface area contributed by atoms with Crippen LogP contribution in [0.3, 0.4) is 0 Å². The minimum absolute atomic E-state index is 0.191. The summed E-state index contributed by atoms with van der Waals surface area (Å²) in [4.78, 5) is 11.9. The lowest BCUT2D eigenvalue weighted by Gasteiger charge is -2.14. The lowest BCUT2D eigenvalue weighted by atomic mass is 10.2. The molecule has 0 saturated carbocycles. The number of carbonyl (C=O) groups is 1. The van der Waals surface area contributed by atoms with E-state index in [4.69, 9.17) is 9.47 Å². The first-order valence-corrected chi connectivity index (χ1v) is 7.47. The van der Waals surface area contributed by atoms with Crippen LogP contribution in [0.5, 0.6) is 5.75 Å². The first-order chi connectivity index (χ1) is 11.1. The van der Waals surface area contributed by atoms with Crippen LogP contribution in [0, 0.1) is 5.82 Å². The predicted octanol–water partition coefficient (Wildman–Crippen LogP) is 2.93. The predicted molar refractivity (Wildman–Crippen MR) is 85.6 cm³/mol. The molecule has 1 atom stereocenters. The van der Waals surface area contributed by atoms with Crippen molar-refractivity contribution in [1.82, 2.24) is 5.32 Å². The SMILES string of the molecule is C[C@H](OCc1ccccc1)C(=O)NCCOc1ccc(F)cc1. The first-order valence-electron chi connectivity index (χ1n) is 7.47. The average molecular weight is 317 g/mol. The molecule has 2 aromatic rings. The van der Waals surface area contributed by atoms with Crippen LogP contribution in [-0.4, -0.2) is 25.2 Å². The maximum atomic E-state index is 12.7. The van der Waals surface area contributed by atoms with Crippen LogP contribution in [0.1, 0.15) is 12.5 Å². The fraction of sp³-hybridized carbons (Fsp3) is 0.278. The molecule has 4 nitrogen and oxygen atoms in total. The van der Waals surface area contributed by atoms with Crippen molar-refractivity contribution in [2.75, 3.05) is 13.2 Å². The number of ether oxygens (including phenoxy) is 2. The maximum absolute atomic E-state index is 12.7. The molecule has 1 N–H and O–H groups in total. The second kappa shape index (κ2) is 8.90. The molecule has 0 aliphatic rings. The van der Waals surface area contributed by atoms with Gasteiger partial charge in [-0.05, 0) is 36.8 Å². The molecule has 5 heteroatoms. The van der Waals surface area contributed by atoms with E-state index >= 15 is 0 Å². The third kappa shape index (κ3) is 6.08. The van der Waals surface area contributed by atoms with E-state index in [0.29, 0.717) is 25.5 Å². The topological polar surface area (TPSA) is 47.6 Å². The fourth-order valence-electron chi connectivity index (χ4n) is 1.89. The Morgan fingerprint density at radius 2 is 1.83 bits per heavy atom. The molecule has 0 spiro atoms. The zero-order valence-electron chi connectivity index (χ0n) is 13.0. The number of rotatable bonds is 8. The number of carbonyl (C=O) groups excluding carboxylic acids is 1. The van der Waals surface area contributed by atoms with E-state index in [9.17, 15) is 9.18 Å². The van der Waals surface area contributed by atoms with Crippen molar-refractivity contribution in [3.63, 3.8) is 0 Å². The van der Waals surface area contributed by atoms with Crippen LogP contribution in [0.25, 0.3) is 0 Å². The average Bonchev–Trinajstić information content (AvgIpc) is 2.59. The molecular weight excluding hydrogens is 297 g/mol. The monoisotopic (exact) mass is 317 g/mol. The van der Waals surface area contributed by atoms with Crippen molar-refractivity contribution in [2.24, 2.45) is 0 Å². The third-order valence-corrected chi connectivity index (χ3v) is 3.20. The lowest BCUT2D eigenvalue weighted by molar-refractivity contribution is -0.132. The van der Waals surface area contributed by atoms with Gasteiger partial charge in [-0.2, -0.15) is 0 Å². The Bertz CT molecular complexity index is 601. The van der Waals surface area contributed by atoms with E-state index in [1.165, 1.54) is 12.1 Å². The van der Waals surface area contributed by atoms with Gasteiger partial charge in [-0.15, -0.1) is 0 Å². The molecule has 2 rings (SSSR count). The molecule has 0 aliphatic heterocycles. The lowest BCUT2D eigenvalue weighted by Crippen LogP contribution is -2.36. The molecule has 0 aliphatic carbocycles. The van der Waals surface area contributed by atoms with E-state index in [-0.39, 0.29) is 11.7 Å². The number of amides is 1. The van der Waals surface area contributed by atoms with Gasteiger partial charge in [0, 0.05) is 0 Å². The Morgan fingerprint density at radius 3 is 2.52 bits per heavy atom. The van der Waals surface area contributed by atoms with Crippen molar-refractivity contribution in [1.29, 1.82) is 0 Å². The minimum atomic E-state index is -0.541. The zero-order chi connectivity index (χ0) is 16.5. The van der Waals surface area contributed by atoms with Crippen molar-refractivity contribution < 1.29 is 18.7 Å². The second-order valence-corrected chi connectivity index (χ2v) is 5.03. The molecule has 122 valence electrons. The standard InChI is InChI=1S/C18H20FNO3/c1-14(23-13-15-5-3-2-4-6-15)18(21)20-11-12-22-17-9-7-16(19)8-10-17/h2-10,14H,11-13H2,1H3,(H,20,21)/t14-/m0/s1.